The lowest BCUT2D eigenvalue weighted by Crippen LogP contribution is -2.53. The van der Waals surface area contributed by atoms with Crippen molar-refractivity contribution in [3.63, 3.8) is 0 Å². The van der Waals surface area contributed by atoms with Crippen molar-refractivity contribution in [1.82, 2.24) is 0 Å². The lowest BCUT2D eigenvalue weighted by atomic mass is 10.2. The summed E-state index contributed by atoms with van der Waals surface area (Å²) in [5.41, 5.74) is 5.21. The highest BCUT2D eigenvalue weighted by molar-refractivity contribution is 6.90. The van der Waals surface area contributed by atoms with E-state index in [1.165, 1.54) is 25.7 Å². The number of allylic oxidation sites excluding steroid dienone is 2. The van der Waals surface area contributed by atoms with Crippen LogP contribution in [0.25, 0.3) is 0 Å². The van der Waals surface area contributed by atoms with E-state index in [9.17, 15) is 0 Å². The standard InChI is InChI=1S/C21H44O4Si2/c1-7-13-15-17-19-26(22-9-3,23-10-4)21-27(24-11-5,25-12-6)20-18-16-14-8-2/h17-20H,7-16,21H2,1-6H3. The molecule has 0 N–H and O–H groups in total. The average molecular weight is 417 g/mol. The van der Waals surface area contributed by atoms with Crippen molar-refractivity contribution in [1.29, 1.82) is 0 Å². The third-order valence-electron chi connectivity index (χ3n) is 4.24. The highest BCUT2D eigenvalue weighted by Crippen LogP contribution is 2.27. The second-order valence-corrected chi connectivity index (χ2v) is 13.1. The Morgan fingerprint density at radius 2 is 0.889 bits per heavy atom. The molecule has 0 amide bonds. The monoisotopic (exact) mass is 416 g/mol. The number of hydrogen-bond acceptors (Lipinski definition) is 4. The third kappa shape index (κ3) is 11.4. The fourth-order valence-corrected chi connectivity index (χ4v) is 12.0. The van der Waals surface area contributed by atoms with Gasteiger partial charge in [0.2, 0.25) is 0 Å². The minimum absolute atomic E-state index is 0.645. The molecule has 0 aromatic rings. The van der Waals surface area contributed by atoms with Crippen molar-refractivity contribution in [3.8, 4) is 0 Å². The topological polar surface area (TPSA) is 36.9 Å². The van der Waals surface area contributed by atoms with Crippen molar-refractivity contribution in [2.75, 3.05) is 26.4 Å². The lowest BCUT2D eigenvalue weighted by molar-refractivity contribution is 0.175. The van der Waals surface area contributed by atoms with Crippen LogP contribution in [0, 0.1) is 0 Å². The summed E-state index contributed by atoms with van der Waals surface area (Å²) >= 11 is 0. The maximum atomic E-state index is 6.30. The van der Waals surface area contributed by atoms with Gasteiger partial charge < -0.3 is 17.7 Å². The molecule has 0 radical (unpaired) electrons. The molecular formula is C21H44O4Si2. The Labute approximate surface area is 170 Å². The van der Waals surface area contributed by atoms with Crippen LogP contribution >= 0.6 is 0 Å². The van der Waals surface area contributed by atoms with Crippen LogP contribution in [0.15, 0.2) is 23.6 Å². The molecule has 0 spiro atoms. The first-order chi connectivity index (χ1) is 13.1. The Bertz CT molecular complexity index is 352. The van der Waals surface area contributed by atoms with Crippen molar-refractivity contribution < 1.29 is 17.7 Å². The van der Waals surface area contributed by atoms with Crippen molar-refractivity contribution >= 4 is 17.1 Å². The molecular weight excluding hydrogens is 372 g/mol. The molecule has 6 heteroatoms. The fraction of sp³-hybridized carbons (Fsp3) is 0.810. The van der Waals surface area contributed by atoms with E-state index in [-0.39, 0.29) is 0 Å². The molecule has 160 valence electrons. The van der Waals surface area contributed by atoms with Gasteiger partial charge >= 0.3 is 17.1 Å². The van der Waals surface area contributed by atoms with Gasteiger partial charge in [0, 0.05) is 32.1 Å². The van der Waals surface area contributed by atoms with E-state index in [4.69, 9.17) is 17.7 Å². The van der Waals surface area contributed by atoms with Gasteiger partial charge in [-0.25, -0.2) is 0 Å². The Hall–Kier alpha value is -0.246. The molecule has 0 rings (SSSR count). The molecule has 0 aromatic heterocycles. The Morgan fingerprint density at radius 1 is 0.556 bits per heavy atom. The van der Waals surface area contributed by atoms with Gasteiger partial charge in [0.25, 0.3) is 0 Å². The molecule has 0 heterocycles. The van der Waals surface area contributed by atoms with Crippen LogP contribution in [-0.2, 0) is 17.7 Å². The van der Waals surface area contributed by atoms with Crippen LogP contribution in [0.4, 0.5) is 0 Å². The lowest BCUT2D eigenvalue weighted by Gasteiger charge is -2.35. The fourth-order valence-electron chi connectivity index (χ4n) is 3.09. The van der Waals surface area contributed by atoms with Crippen molar-refractivity contribution in [2.24, 2.45) is 0 Å². The Morgan fingerprint density at radius 3 is 1.15 bits per heavy atom. The molecule has 0 aliphatic carbocycles. The maximum absolute atomic E-state index is 6.30. The quantitative estimate of drug-likeness (QED) is 0.199. The third-order valence-corrected chi connectivity index (χ3v) is 12.8. The molecule has 0 saturated heterocycles. The molecule has 0 fully saturated rings. The van der Waals surface area contributed by atoms with E-state index < -0.39 is 17.1 Å². The minimum Gasteiger partial charge on any atom is -0.392 e. The molecule has 0 aromatic carbocycles. The minimum atomic E-state index is -2.54. The van der Waals surface area contributed by atoms with Crippen LogP contribution < -0.4 is 0 Å². The summed E-state index contributed by atoms with van der Waals surface area (Å²) in [6.07, 6.45) is 11.4. The van der Waals surface area contributed by atoms with Gasteiger partial charge in [0.1, 0.15) is 0 Å². The van der Waals surface area contributed by atoms with Crippen molar-refractivity contribution in [2.45, 2.75) is 85.7 Å². The predicted molar refractivity (Wildman–Crippen MR) is 120 cm³/mol. The van der Waals surface area contributed by atoms with Gasteiger partial charge in [-0.1, -0.05) is 51.7 Å². The zero-order chi connectivity index (χ0) is 20.4. The van der Waals surface area contributed by atoms with Crippen LogP contribution in [0.5, 0.6) is 0 Å². The van der Waals surface area contributed by atoms with Crippen LogP contribution in [0.3, 0.4) is 0 Å². The number of unbranched alkanes of at least 4 members (excludes halogenated alkanes) is 4. The zero-order valence-corrected chi connectivity index (χ0v) is 20.7. The molecule has 0 aliphatic heterocycles. The first-order valence-corrected chi connectivity index (χ1v) is 15.2. The second-order valence-electron chi connectivity index (χ2n) is 6.62. The molecule has 0 unspecified atom stereocenters. The maximum Gasteiger partial charge on any atom is 0.367 e. The Balaban J connectivity index is 5.68. The zero-order valence-electron chi connectivity index (χ0n) is 18.7. The van der Waals surface area contributed by atoms with Crippen LogP contribution in [-0.4, -0.2) is 43.5 Å². The largest absolute Gasteiger partial charge is 0.392 e. The first-order valence-electron chi connectivity index (χ1n) is 11.0. The summed E-state index contributed by atoms with van der Waals surface area (Å²) in [5.74, 6) is 0. The van der Waals surface area contributed by atoms with E-state index in [1.807, 2.05) is 27.7 Å². The van der Waals surface area contributed by atoms with Gasteiger partial charge in [0.15, 0.2) is 0 Å². The summed E-state index contributed by atoms with van der Waals surface area (Å²) in [6.45, 7) is 15.2. The summed E-state index contributed by atoms with van der Waals surface area (Å²) in [7, 11) is -5.09. The normalized spacial score (nSPS) is 13.3. The number of rotatable bonds is 18. The van der Waals surface area contributed by atoms with Crippen LogP contribution in [0.2, 0.25) is 5.67 Å². The number of hydrogen-bond donors (Lipinski definition) is 0. The van der Waals surface area contributed by atoms with E-state index in [2.05, 4.69) is 37.4 Å². The highest BCUT2D eigenvalue weighted by atomic mass is 28.4. The summed E-state index contributed by atoms with van der Waals surface area (Å²) < 4.78 is 25.2. The van der Waals surface area contributed by atoms with Gasteiger partial charge in [-0.2, -0.15) is 0 Å². The smallest absolute Gasteiger partial charge is 0.367 e. The van der Waals surface area contributed by atoms with E-state index in [0.717, 1.165) is 18.5 Å². The van der Waals surface area contributed by atoms with E-state index in [0.29, 0.717) is 26.4 Å². The van der Waals surface area contributed by atoms with Crippen molar-refractivity contribution in [3.05, 3.63) is 23.6 Å². The van der Waals surface area contributed by atoms with Gasteiger partial charge in [-0.15, -0.1) is 0 Å². The van der Waals surface area contributed by atoms with E-state index in [1.54, 1.807) is 0 Å². The molecule has 0 aliphatic rings. The van der Waals surface area contributed by atoms with E-state index >= 15 is 0 Å². The van der Waals surface area contributed by atoms with Gasteiger partial charge in [0.05, 0.1) is 0 Å². The Kier molecular flexibility index (Phi) is 16.5. The second kappa shape index (κ2) is 16.7. The summed E-state index contributed by atoms with van der Waals surface area (Å²) in [6, 6.07) is 0. The first kappa shape index (κ1) is 26.8. The molecule has 4 nitrogen and oxygen atoms in total. The molecule has 27 heavy (non-hydrogen) atoms. The predicted octanol–water partition coefficient (Wildman–Crippen LogP) is 6.13. The molecule has 0 atom stereocenters. The van der Waals surface area contributed by atoms with Crippen LogP contribution in [0.1, 0.15) is 80.1 Å². The molecule has 0 saturated carbocycles. The average Bonchev–Trinajstić information content (AvgIpc) is 2.63. The molecule has 0 bridgehead atoms. The highest BCUT2D eigenvalue weighted by Gasteiger charge is 2.48. The summed E-state index contributed by atoms with van der Waals surface area (Å²) in [4.78, 5) is 0. The van der Waals surface area contributed by atoms with Gasteiger partial charge in [-0.3, -0.25) is 0 Å². The SMILES string of the molecule is CCCCC=C[Si](C[Si](C=CCCCC)(OCC)OCC)(OCC)OCC. The summed E-state index contributed by atoms with van der Waals surface area (Å²) in [5, 5.41) is 0. The van der Waals surface area contributed by atoms with Gasteiger partial charge in [-0.05, 0) is 51.9 Å².